The van der Waals surface area contributed by atoms with Gasteiger partial charge in [-0.3, -0.25) is 4.90 Å². The molecule has 3 fully saturated rings. The molecule has 2 saturated heterocycles. The average Bonchev–Trinajstić information content (AvgIpc) is 3.38. The van der Waals surface area contributed by atoms with Gasteiger partial charge < -0.3 is 4.43 Å². The Balaban J connectivity index is 1.61. The van der Waals surface area contributed by atoms with E-state index in [9.17, 15) is 0 Å². The summed E-state index contributed by atoms with van der Waals surface area (Å²) in [6.07, 6.45) is 5.18. The SMILES string of the molecule is C=C1CN2CCC3(CC3)C2(CO[Si](c2ccccc2)(c2ccccc2)C(C)(C)C)C1. The largest absolute Gasteiger partial charge is 0.405 e. The van der Waals surface area contributed by atoms with Gasteiger partial charge in [0, 0.05) is 6.54 Å². The van der Waals surface area contributed by atoms with Gasteiger partial charge in [0.2, 0.25) is 0 Å². The molecule has 2 nitrogen and oxygen atoms in total. The van der Waals surface area contributed by atoms with Gasteiger partial charge in [0.1, 0.15) is 0 Å². The Hall–Kier alpha value is -1.68. The fourth-order valence-corrected chi connectivity index (χ4v) is 11.2. The van der Waals surface area contributed by atoms with E-state index >= 15 is 0 Å². The van der Waals surface area contributed by atoms with E-state index in [2.05, 4.69) is 92.9 Å². The second-order valence-electron chi connectivity index (χ2n) is 10.9. The van der Waals surface area contributed by atoms with Crippen molar-refractivity contribution in [1.82, 2.24) is 4.90 Å². The van der Waals surface area contributed by atoms with Crippen LogP contribution in [-0.4, -0.2) is 38.5 Å². The minimum atomic E-state index is -2.50. The van der Waals surface area contributed by atoms with Crippen LogP contribution in [0.15, 0.2) is 72.8 Å². The third kappa shape index (κ3) is 2.82. The molecule has 0 N–H and O–H groups in total. The van der Waals surface area contributed by atoms with Crippen molar-refractivity contribution in [3.63, 3.8) is 0 Å². The Kier molecular flexibility index (Phi) is 4.66. The van der Waals surface area contributed by atoms with E-state index < -0.39 is 8.32 Å². The number of fused-ring (bicyclic) bond motifs is 2. The Morgan fingerprint density at radius 2 is 1.50 bits per heavy atom. The third-order valence-corrected chi connectivity index (χ3v) is 13.2. The molecule has 1 spiro atoms. The summed E-state index contributed by atoms with van der Waals surface area (Å²) in [7, 11) is -2.50. The van der Waals surface area contributed by atoms with Crippen LogP contribution in [0.5, 0.6) is 0 Å². The summed E-state index contributed by atoms with van der Waals surface area (Å²) in [5.74, 6) is 0. The lowest BCUT2D eigenvalue weighted by Crippen LogP contribution is -2.68. The van der Waals surface area contributed by atoms with Gasteiger partial charge in [0.25, 0.3) is 8.32 Å². The fraction of sp³-hybridized carbons (Fsp3) is 0.481. The molecular formula is C27H35NOSi. The smallest absolute Gasteiger partial charge is 0.261 e. The van der Waals surface area contributed by atoms with Crippen LogP contribution in [0.4, 0.5) is 0 Å². The predicted octanol–water partition coefficient (Wildman–Crippen LogP) is 4.75. The molecule has 0 bridgehead atoms. The van der Waals surface area contributed by atoms with E-state index in [4.69, 9.17) is 4.43 Å². The first kappa shape index (κ1) is 20.2. The number of hydrogen-bond acceptors (Lipinski definition) is 2. The minimum absolute atomic E-state index is 0.0299. The molecule has 3 aliphatic rings. The molecule has 3 heteroatoms. The average molecular weight is 418 g/mol. The van der Waals surface area contributed by atoms with Gasteiger partial charge in [-0.05, 0) is 53.1 Å². The highest BCUT2D eigenvalue weighted by Gasteiger charge is 2.68. The van der Waals surface area contributed by atoms with Gasteiger partial charge in [-0.2, -0.15) is 0 Å². The number of rotatable bonds is 5. The van der Waals surface area contributed by atoms with Crippen molar-refractivity contribution in [3.8, 4) is 0 Å². The maximum absolute atomic E-state index is 7.43. The summed E-state index contributed by atoms with van der Waals surface area (Å²) in [5, 5.41) is 2.79. The second kappa shape index (κ2) is 6.91. The van der Waals surface area contributed by atoms with Crippen LogP contribution in [-0.2, 0) is 4.43 Å². The monoisotopic (exact) mass is 417 g/mol. The molecule has 2 aromatic rings. The van der Waals surface area contributed by atoms with E-state index in [0.29, 0.717) is 5.41 Å². The normalized spacial score (nSPS) is 25.6. The highest BCUT2D eigenvalue weighted by molar-refractivity contribution is 6.99. The van der Waals surface area contributed by atoms with Crippen molar-refractivity contribution in [2.45, 2.75) is 57.0 Å². The summed E-state index contributed by atoms with van der Waals surface area (Å²) < 4.78 is 7.43. The molecule has 2 heterocycles. The van der Waals surface area contributed by atoms with Crippen molar-refractivity contribution in [2.75, 3.05) is 19.7 Å². The Morgan fingerprint density at radius 3 is 2.00 bits per heavy atom. The summed E-state index contributed by atoms with van der Waals surface area (Å²) in [5.41, 5.74) is 2.03. The molecule has 158 valence electrons. The first-order valence-electron chi connectivity index (χ1n) is 11.5. The maximum atomic E-state index is 7.43. The van der Waals surface area contributed by atoms with Gasteiger partial charge in [0.15, 0.2) is 0 Å². The lowest BCUT2D eigenvalue weighted by Gasteiger charge is -2.47. The summed E-state index contributed by atoms with van der Waals surface area (Å²) in [4.78, 5) is 2.72. The molecule has 1 atom stereocenters. The lowest BCUT2D eigenvalue weighted by atomic mass is 9.80. The van der Waals surface area contributed by atoms with E-state index in [1.54, 1.807) is 0 Å². The summed E-state index contributed by atoms with van der Waals surface area (Å²) >= 11 is 0. The van der Waals surface area contributed by atoms with Gasteiger partial charge >= 0.3 is 0 Å². The topological polar surface area (TPSA) is 12.5 Å². The zero-order valence-electron chi connectivity index (χ0n) is 18.8. The van der Waals surface area contributed by atoms with Gasteiger partial charge in [-0.15, -0.1) is 0 Å². The highest BCUT2D eigenvalue weighted by atomic mass is 28.4. The van der Waals surface area contributed by atoms with Gasteiger partial charge in [0.05, 0.1) is 12.1 Å². The molecule has 0 radical (unpaired) electrons. The number of hydrogen-bond donors (Lipinski definition) is 0. The number of nitrogens with zero attached hydrogens (tertiary/aromatic N) is 1. The summed E-state index contributed by atoms with van der Waals surface area (Å²) in [6, 6.07) is 22.1. The van der Waals surface area contributed by atoms with Gasteiger partial charge in [-0.25, -0.2) is 0 Å². The quantitative estimate of drug-likeness (QED) is 0.514. The maximum Gasteiger partial charge on any atom is 0.261 e. The molecule has 0 aromatic heterocycles. The summed E-state index contributed by atoms with van der Waals surface area (Å²) in [6.45, 7) is 14.6. The van der Waals surface area contributed by atoms with Crippen LogP contribution in [0.25, 0.3) is 0 Å². The second-order valence-corrected chi connectivity index (χ2v) is 15.2. The Bertz CT molecular complexity index is 889. The molecule has 30 heavy (non-hydrogen) atoms. The molecular weight excluding hydrogens is 382 g/mol. The molecule has 0 amide bonds. The fourth-order valence-electron chi connectivity index (χ4n) is 6.55. The highest BCUT2D eigenvalue weighted by Crippen LogP contribution is 2.66. The lowest BCUT2D eigenvalue weighted by molar-refractivity contribution is 0.0646. The minimum Gasteiger partial charge on any atom is -0.405 e. The molecule has 1 unspecified atom stereocenters. The van der Waals surface area contributed by atoms with E-state index in [-0.39, 0.29) is 10.6 Å². The molecule has 5 rings (SSSR count). The molecule has 2 aromatic carbocycles. The number of benzene rings is 2. The van der Waals surface area contributed by atoms with Crippen LogP contribution in [0.1, 0.15) is 46.5 Å². The molecule has 1 aliphatic carbocycles. The van der Waals surface area contributed by atoms with Crippen molar-refractivity contribution in [2.24, 2.45) is 5.41 Å². The van der Waals surface area contributed by atoms with E-state index in [1.807, 2.05) is 0 Å². The Morgan fingerprint density at radius 1 is 0.933 bits per heavy atom. The first-order valence-corrected chi connectivity index (χ1v) is 13.4. The van der Waals surface area contributed by atoms with Gasteiger partial charge in [-0.1, -0.05) is 93.6 Å². The standard InChI is InChI=1S/C27H35NOSi/c1-22-19-27(26(15-16-26)17-18-28(27)20-22)21-29-30(25(2,3)4,23-11-7-5-8-12-23)24-13-9-6-10-14-24/h5-14H,1,15-21H2,2-4H3. The van der Waals surface area contributed by atoms with E-state index in [0.717, 1.165) is 19.6 Å². The zero-order valence-corrected chi connectivity index (χ0v) is 19.8. The van der Waals surface area contributed by atoms with Crippen LogP contribution < -0.4 is 10.4 Å². The van der Waals surface area contributed by atoms with Crippen molar-refractivity contribution in [1.29, 1.82) is 0 Å². The molecule has 1 saturated carbocycles. The van der Waals surface area contributed by atoms with Crippen LogP contribution in [0, 0.1) is 5.41 Å². The Labute approximate surface area is 183 Å². The van der Waals surface area contributed by atoms with Crippen molar-refractivity contribution < 1.29 is 4.43 Å². The van der Waals surface area contributed by atoms with Crippen LogP contribution in [0.3, 0.4) is 0 Å². The van der Waals surface area contributed by atoms with Crippen LogP contribution in [0.2, 0.25) is 5.04 Å². The predicted molar refractivity (Wildman–Crippen MR) is 128 cm³/mol. The molecule has 2 aliphatic heterocycles. The van der Waals surface area contributed by atoms with E-state index in [1.165, 1.54) is 41.8 Å². The zero-order chi connectivity index (χ0) is 21.0. The van der Waals surface area contributed by atoms with Crippen molar-refractivity contribution >= 4 is 18.7 Å². The van der Waals surface area contributed by atoms with Crippen molar-refractivity contribution in [3.05, 3.63) is 72.8 Å². The third-order valence-electron chi connectivity index (χ3n) is 8.21. The van der Waals surface area contributed by atoms with Crippen LogP contribution >= 0.6 is 0 Å². The first-order chi connectivity index (χ1) is 14.3.